The number of hydrogen-bond donors (Lipinski definition) is 3. The zero-order valence-electron chi connectivity index (χ0n) is 15.4. The lowest BCUT2D eigenvalue weighted by Gasteiger charge is -2.69. The summed E-state index contributed by atoms with van der Waals surface area (Å²) in [5.74, 6) is -1.85. The summed E-state index contributed by atoms with van der Waals surface area (Å²) < 4.78 is 47.4. The predicted octanol–water partition coefficient (Wildman–Crippen LogP) is 1.52. The Morgan fingerprint density at radius 2 is 2.00 bits per heavy atom. The molecule has 3 saturated carbocycles. The van der Waals surface area contributed by atoms with Crippen molar-refractivity contribution < 1.29 is 27.4 Å². The van der Waals surface area contributed by atoms with Gasteiger partial charge in [-0.15, -0.1) is 0 Å². The third-order valence-corrected chi connectivity index (χ3v) is 7.53. The van der Waals surface area contributed by atoms with Gasteiger partial charge in [-0.2, -0.15) is 8.42 Å². The SMILES string of the molecule is NC12CC(CCOc3ccc4cc(O)c(N5CC(=O)NS5(=O)=O)c(F)c4c3)(C1)C2. The van der Waals surface area contributed by atoms with Crippen LogP contribution in [0.2, 0.25) is 0 Å². The van der Waals surface area contributed by atoms with Crippen molar-refractivity contribution in [3.05, 3.63) is 30.1 Å². The van der Waals surface area contributed by atoms with Crippen LogP contribution in [0.4, 0.5) is 10.1 Å². The van der Waals surface area contributed by atoms with E-state index in [1.807, 2.05) is 0 Å². The third-order valence-electron chi connectivity index (χ3n) is 6.16. The molecule has 3 aliphatic carbocycles. The van der Waals surface area contributed by atoms with Gasteiger partial charge in [-0.1, -0.05) is 6.07 Å². The molecule has 4 aliphatic rings. The van der Waals surface area contributed by atoms with Crippen LogP contribution in [0.5, 0.6) is 11.5 Å². The average molecular weight is 421 g/mol. The number of rotatable bonds is 5. The minimum atomic E-state index is -4.25. The molecule has 0 aromatic heterocycles. The van der Waals surface area contributed by atoms with Gasteiger partial charge in [-0.05, 0) is 54.7 Å². The number of phenols is 1. The highest BCUT2D eigenvalue weighted by Gasteiger charge is 2.65. The molecule has 154 valence electrons. The van der Waals surface area contributed by atoms with E-state index in [9.17, 15) is 18.3 Å². The Morgan fingerprint density at radius 3 is 2.62 bits per heavy atom. The van der Waals surface area contributed by atoms with E-state index in [-0.39, 0.29) is 10.9 Å². The molecule has 1 heterocycles. The number of benzene rings is 2. The van der Waals surface area contributed by atoms with E-state index in [2.05, 4.69) is 0 Å². The lowest BCUT2D eigenvalue weighted by molar-refractivity contribution is -0.140. The number of halogens is 1. The average Bonchev–Trinajstić information content (AvgIpc) is 2.85. The van der Waals surface area contributed by atoms with Gasteiger partial charge in [-0.3, -0.25) is 4.79 Å². The second kappa shape index (κ2) is 5.73. The van der Waals surface area contributed by atoms with Gasteiger partial charge in [-0.25, -0.2) is 13.4 Å². The topological polar surface area (TPSA) is 122 Å². The van der Waals surface area contributed by atoms with E-state index in [4.69, 9.17) is 10.5 Å². The first-order chi connectivity index (χ1) is 13.6. The zero-order valence-corrected chi connectivity index (χ0v) is 16.3. The lowest BCUT2D eigenvalue weighted by atomic mass is 9.39. The van der Waals surface area contributed by atoms with Crippen molar-refractivity contribution >= 4 is 32.6 Å². The molecule has 8 nitrogen and oxygen atoms in total. The molecule has 2 aromatic rings. The first kappa shape index (κ1) is 18.4. The Balaban J connectivity index is 1.42. The third kappa shape index (κ3) is 2.81. The maximum atomic E-state index is 15.2. The predicted molar refractivity (Wildman–Crippen MR) is 103 cm³/mol. The molecule has 2 aromatic carbocycles. The van der Waals surface area contributed by atoms with Gasteiger partial charge in [0.15, 0.2) is 5.82 Å². The molecule has 2 bridgehead atoms. The molecule has 0 spiro atoms. The molecule has 1 saturated heterocycles. The highest BCUT2D eigenvalue weighted by molar-refractivity contribution is 7.92. The van der Waals surface area contributed by atoms with Crippen LogP contribution >= 0.6 is 0 Å². The van der Waals surface area contributed by atoms with E-state index >= 15 is 4.39 Å². The smallest absolute Gasteiger partial charge is 0.326 e. The first-order valence-electron chi connectivity index (χ1n) is 9.30. The Labute approximate surface area is 166 Å². The standard InChI is InChI=1S/C19H20FN3O5S/c20-16-13-6-12(28-4-3-18-8-19(21,9-18)10-18)2-1-11(13)5-14(24)17(16)23-7-15(25)22-29(23,26)27/h1-2,5-6,24H,3-4,7-10,21H2,(H,22,25). The summed E-state index contributed by atoms with van der Waals surface area (Å²) >= 11 is 0. The van der Waals surface area contributed by atoms with E-state index in [1.54, 1.807) is 16.9 Å². The molecule has 10 heteroatoms. The molecule has 29 heavy (non-hydrogen) atoms. The maximum Gasteiger partial charge on any atom is 0.326 e. The summed E-state index contributed by atoms with van der Waals surface area (Å²) in [5, 5.41) is 10.7. The largest absolute Gasteiger partial charge is 0.506 e. The summed E-state index contributed by atoms with van der Waals surface area (Å²) in [4.78, 5) is 11.5. The Kier molecular flexibility index (Phi) is 3.64. The molecule has 0 atom stereocenters. The quantitative estimate of drug-likeness (QED) is 0.673. The van der Waals surface area contributed by atoms with Gasteiger partial charge in [0.05, 0.1) is 6.61 Å². The lowest BCUT2D eigenvalue weighted by Crippen LogP contribution is -2.72. The van der Waals surface area contributed by atoms with Crippen LogP contribution in [0.1, 0.15) is 25.7 Å². The highest BCUT2D eigenvalue weighted by atomic mass is 32.2. The molecule has 1 amide bonds. The molecule has 0 radical (unpaired) electrons. The maximum absolute atomic E-state index is 15.2. The summed E-state index contributed by atoms with van der Waals surface area (Å²) in [6, 6.07) is 6.00. The molecule has 6 rings (SSSR count). The van der Waals surface area contributed by atoms with E-state index in [1.165, 1.54) is 12.1 Å². The number of amides is 1. The number of anilines is 1. The van der Waals surface area contributed by atoms with Crippen molar-refractivity contribution in [1.29, 1.82) is 0 Å². The number of nitrogens with zero attached hydrogens (tertiary/aromatic N) is 1. The fraction of sp³-hybridized carbons (Fsp3) is 0.421. The molecule has 4 fully saturated rings. The van der Waals surface area contributed by atoms with Crippen LogP contribution in [-0.4, -0.2) is 38.1 Å². The number of carbonyl (C=O) groups is 1. The molecular weight excluding hydrogens is 401 g/mol. The van der Waals surface area contributed by atoms with Crippen LogP contribution < -0.4 is 19.5 Å². The van der Waals surface area contributed by atoms with Crippen molar-refractivity contribution in [2.45, 2.75) is 31.2 Å². The Morgan fingerprint density at radius 1 is 1.28 bits per heavy atom. The number of aromatic hydroxyl groups is 1. The zero-order chi connectivity index (χ0) is 20.6. The van der Waals surface area contributed by atoms with Crippen molar-refractivity contribution in [3.8, 4) is 11.5 Å². The molecule has 0 unspecified atom stereocenters. The van der Waals surface area contributed by atoms with Gasteiger partial charge < -0.3 is 15.6 Å². The first-order valence-corrected chi connectivity index (χ1v) is 10.7. The van der Waals surface area contributed by atoms with Crippen LogP contribution in [0.25, 0.3) is 10.8 Å². The van der Waals surface area contributed by atoms with E-state index in [0.717, 1.165) is 25.7 Å². The van der Waals surface area contributed by atoms with E-state index in [0.29, 0.717) is 27.5 Å². The van der Waals surface area contributed by atoms with Gasteiger partial charge in [0, 0.05) is 10.9 Å². The van der Waals surface area contributed by atoms with Gasteiger partial charge >= 0.3 is 10.2 Å². The molecule has 1 aliphatic heterocycles. The summed E-state index contributed by atoms with van der Waals surface area (Å²) in [6.45, 7) is -0.119. The van der Waals surface area contributed by atoms with Crippen LogP contribution in [0, 0.1) is 11.2 Å². The van der Waals surface area contributed by atoms with Gasteiger partial charge in [0.1, 0.15) is 23.7 Å². The highest BCUT2D eigenvalue weighted by Crippen LogP contribution is 2.67. The Hall–Kier alpha value is -2.59. The normalized spacial score (nSPS) is 29.3. The summed E-state index contributed by atoms with van der Waals surface area (Å²) in [6.07, 6.45) is 3.95. The molecule has 4 N–H and O–H groups in total. The van der Waals surface area contributed by atoms with E-state index < -0.39 is 39.9 Å². The number of fused-ring (bicyclic) bond motifs is 1. The number of carbonyl (C=O) groups excluding carboxylic acids is 1. The van der Waals surface area contributed by atoms with Crippen molar-refractivity contribution in [2.75, 3.05) is 17.5 Å². The number of nitrogens with two attached hydrogens (primary N) is 1. The van der Waals surface area contributed by atoms with Gasteiger partial charge in [0.2, 0.25) is 0 Å². The number of ether oxygens (including phenoxy) is 1. The second-order valence-electron chi connectivity index (χ2n) is 8.47. The van der Waals surface area contributed by atoms with Crippen LogP contribution in [-0.2, 0) is 15.0 Å². The minimum absolute atomic E-state index is 0.0383. The number of phenolic OH excluding ortho intramolecular Hbond substituents is 1. The minimum Gasteiger partial charge on any atom is -0.506 e. The number of hydrogen-bond acceptors (Lipinski definition) is 6. The van der Waals surface area contributed by atoms with Crippen molar-refractivity contribution in [2.24, 2.45) is 11.1 Å². The number of nitrogens with one attached hydrogen (secondary N) is 1. The van der Waals surface area contributed by atoms with Crippen LogP contribution in [0.15, 0.2) is 24.3 Å². The monoisotopic (exact) mass is 421 g/mol. The summed E-state index contributed by atoms with van der Waals surface area (Å²) in [7, 11) is -4.25. The fourth-order valence-electron chi connectivity index (χ4n) is 5.02. The van der Waals surface area contributed by atoms with Gasteiger partial charge in [0.25, 0.3) is 5.91 Å². The summed E-state index contributed by atoms with van der Waals surface area (Å²) in [5.41, 5.74) is 5.83. The second-order valence-corrected chi connectivity index (χ2v) is 10.1. The van der Waals surface area contributed by atoms with Crippen LogP contribution in [0.3, 0.4) is 0 Å². The van der Waals surface area contributed by atoms with Crippen molar-refractivity contribution in [1.82, 2.24) is 4.72 Å². The van der Waals surface area contributed by atoms with Crippen molar-refractivity contribution in [3.63, 3.8) is 0 Å². The fourth-order valence-corrected chi connectivity index (χ4v) is 6.18. The Bertz CT molecular complexity index is 1150. The molecular formula is C19H20FN3O5S.